The zero-order chi connectivity index (χ0) is 9.56. The summed E-state index contributed by atoms with van der Waals surface area (Å²) in [4.78, 5) is 10.9. The Morgan fingerprint density at radius 2 is 2.17 bits per heavy atom. The summed E-state index contributed by atoms with van der Waals surface area (Å²) >= 11 is 2.23. The van der Waals surface area contributed by atoms with Gasteiger partial charge >= 0.3 is 6.09 Å². The van der Waals surface area contributed by atoms with E-state index in [0.717, 1.165) is 0 Å². The van der Waals surface area contributed by atoms with Crippen molar-refractivity contribution >= 4 is 28.7 Å². The summed E-state index contributed by atoms with van der Waals surface area (Å²) < 4.78 is 4.86. The first-order chi connectivity index (χ1) is 5.57. The lowest BCUT2D eigenvalue weighted by Gasteiger charge is -2.13. The van der Waals surface area contributed by atoms with E-state index in [1.54, 1.807) is 6.92 Å². The Kier molecular flexibility index (Phi) is 5.89. The Bertz CT molecular complexity index is 205. The standard InChI is InChI=1S/C8H12INO2/c1-4-5-12-8(11)10-7(3)6(2)9/h6-7H,1-3H3,(H,10,11). The molecular formula is C8H12INO2. The van der Waals surface area contributed by atoms with E-state index in [4.69, 9.17) is 0 Å². The van der Waals surface area contributed by atoms with Crippen LogP contribution in [-0.2, 0) is 4.74 Å². The van der Waals surface area contributed by atoms with E-state index in [2.05, 4.69) is 44.7 Å². The molecule has 0 aliphatic carbocycles. The van der Waals surface area contributed by atoms with Gasteiger partial charge in [0.05, 0.1) is 0 Å². The van der Waals surface area contributed by atoms with Crippen LogP contribution in [0.2, 0.25) is 0 Å². The van der Waals surface area contributed by atoms with Crippen LogP contribution < -0.4 is 5.32 Å². The third-order valence-electron chi connectivity index (χ3n) is 1.28. The molecule has 0 aromatic rings. The Labute approximate surface area is 86.4 Å². The van der Waals surface area contributed by atoms with Gasteiger partial charge in [0, 0.05) is 16.9 Å². The number of hydrogen-bond acceptors (Lipinski definition) is 2. The first-order valence-corrected chi connectivity index (χ1v) is 4.85. The van der Waals surface area contributed by atoms with Crippen LogP contribution in [0.25, 0.3) is 0 Å². The molecular weight excluding hydrogens is 269 g/mol. The Morgan fingerprint density at radius 3 is 2.58 bits per heavy atom. The van der Waals surface area contributed by atoms with Crippen molar-refractivity contribution in [3.63, 3.8) is 0 Å². The molecule has 2 unspecified atom stereocenters. The lowest BCUT2D eigenvalue weighted by Crippen LogP contribution is -2.37. The van der Waals surface area contributed by atoms with Gasteiger partial charge in [-0.05, 0) is 6.92 Å². The Morgan fingerprint density at radius 1 is 1.58 bits per heavy atom. The average molecular weight is 281 g/mol. The second kappa shape index (κ2) is 6.12. The molecule has 0 saturated heterocycles. The highest BCUT2D eigenvalue weighted by Crippen LogP contribution is 2.03. The minimum Gasteiger partial charge on any atom is -0.356 e. The summed E-state index contributed by atoms with van der Waals surface area (Å²) in [5.41, 5.74) is 0. The summed E-state index contributed by atoms with van der Waals surface area (Å²) in [6.45, 7) is 5.53. The van der Waals surface area contributed by atoms with Gasteiger partial charge in [-0.3, -0.25) is 0 Å². The SMILES string of the molecule is CC#COC(=O)NC(C)C(C)I. The third-order valence-corrected chi connectivity index (χ3v) is 2.36. The van der Waals surface area contributed by atoms with Gasteiger partial charge in [-0.2, -0.15) is 0 Å². The number of carbonyl (C=O) groups is 1. The van der Waals surface area contributed by atoms with Crippen LogP contribution in [0, 0.1) is 12.0 Å². The van der Waals surface area contributed by atoms with Crippen LogP contribution in [0.5, 0.6) is 0 Å². The van der Waals surface area contributed by atoms with Crippen molar-refractivity contribution in [1.29, 1.82) is 0 Å². The second-order valence-electron chi connectivity index (χ2n) is 2.35. The molecule has 1 amide bonds. The number of rotatable bonds is 2. The van der Waals surface area contributed by atoms with Gasteiger partial charge < -0.3 is 10.1 Å². The maximum atomic E-state index is 10.9. The van der Waals surface area contributed by atoms with E-state index in [0.29, 0.717) is 3.92 Å². The number of halogens is 1. The molecule has 0 heterocycles. The number of alkyl halides is 1. The summed E-state index contributed by atoms with van der Waals surface area (Å²) in [7, 11) is 0. The molecule has 68 valence electrons. The maximum absolute atomic E-state index is 10.9. The molecule has 3 nitrogen and oxygen atoms in total. The quantitative estimate of drug-likeness (QED) is 0.477. The minimum atomic E-state index is -0.486. The van der Waals surface area contributed by atoms with Crippen molar-refractivity contribution in [3.05, 3.63) is 0 Å². The number of alkyl carbamates (subject to hydrolysis) is 1. The fraction of sp³-hybridized carbons (Fsp3) is 0.625. The molecule has 0 bridgehead atoms. The van der Waals surface area contributed by atoms with Crippen LogP contribution in [-0.4, -0.2) is 16.1 Å². The molecule has 0 aliphatic rings. The summed E-state index contributed by atoms with van der Waals surface area (Å²) in [6.07, 6.45) is 1.74. The van der Waals surface area contributed by atoms with E-state index in [-0.39, 0.29) is 6.04 Å². The predicted molar refractivity (Wildman–Crippen MR) is 56.0 cm³/mol. The highest BCUT2D eigenvalue weighted by molar-refractivity contribution is 14.1. The fourth-order valence-corrected chi connectivity index (χ4v) is 0.607. The summed E-state index contributed by atoms with van der Waals surface area (Å²) in [6, 6.07) is 0.0942. The molecule has 0 aromatic heterocycles. The maximum Gasteiger partial charge on any atom is 0.421 e. The largest absolute Gasteiger partial charge is 0.421 e. The Balaban J connectivity index is 3.74. The molecule has 1 N–H and O–H groups in total. The zero-order valence-electron chi connectivity index (χ0n) is 7.35. The molecule has 2 atom stereocenters. The van der Waals surface area contributed by atoms with Crippen LogP contribution in [0.1, 0.15) is 20.8 Å². The van der Waals surface area contributed by atoms with Gasteiger partial charge in [0.25, 0.3) is 0 Å². The fourth-order valence-electron chi connectivity index (χ4n) is 0.428. The number of ether oxygens (including phenoxy) is 1. The lowest BCUT2D eigenvalue weighted by atomic mass is 10.3. The molecule has 0 saturated carbocycles. The molecule has 4 heteroatoms. The van der Waals surface area contributed by atoms with Crippen molar-refractivity contribution in [2.45, 2.75) is 30.7 Å². The normalized spacial score (nSPS) is 13.7. The molecule has 0 spiro atoms. The van der Waals surface area contributed by atoms with Crippen molar-refractivity contribution < 1.29 is 9.53 Å². The lowest BCUT2D eigenvalue weighted by molar-refractivity contribution is 0.188. The van der Waals surface area contributed by atoms with Crippen molar-refractivity contribution in [2.24, 2.45) is 0 Å². The number of nitrogens with one attached hydrogen (secondary N) is 1. The van der Waals surface area contributed by atoms with Gasteiger partial charge in [-0.15, -0.1) is 0 Å². The van der Waals surface area contributed by atoms with Crippen LogP contribution in [0.15, 0.2) is 0 Å². The highest BCUT2D eigenvalue weighted by atomic mass is 127. The van der Waals surface area contributed by atoms with E-state index < -0.39 is 6.09 Å². The molecule has 12 heavy (non-hydrogen) atoms. The van der Waals surface area contributed by atoms with Crippen molar-refractivity contribution in [2.75, 3.05) is 0 Å². The van der Waals surface area contributed by atoms with Crippen molar-refractivity contribution in [3.8, 4) is 12.0 Å². The molecule has 0 rings (SSSR count). The number of amides is 1. The minimum absolute atomic E-state index is 0.0942. The van der Waals surface area contributed by atoms with Gasteiger partial charge in [0.15, 0.2) is 0 Å². The van der Waals surface area contributed by atoms with Crippen LogP contribution >= 0.6 is 22.6 Å². The van der Waals surface area contributed by atoms with Gasteiger partial charge in [0.2, 0.25) is 0 Å². The van der Waals surface area contributed by atoms with Crippen LogP contribution in [0.4, 0.5) is 4.79 Å². The third kappa shape index (κ3) is 5.24. The number of carbonyl (C=O) groups excluding carboxylic acids is 1. The smallest absolute Gasteiger partial charge is 0.356 e. The van der Waals surface area contributed by atoms with Crippen molar-refractivity contribution in [1.82, 2.24) is 5.32 Å². The van der Waals surface area contributed by atoms with E-state index in [1.165, 1.54) is 0 Å². The summed E-state index contributed by atoms with van der Waals surface area (Å²) in [5, 5.41) is 2.64. The topological polar surface area (TPSA) is 38.3 Å². The van der Waals surface area contributed by atoms with Crippen LogP contribution in [0.3, 0.4) is 0 Å². The molecule has 0 fully saturated rings. The molecule has 0 radical (unpaired) electrons. The molecule has 0 aliphatic heterocycles. The Hall–Kier alpha value is -0.440. The average Bonchev–Trinajstić information content (AvgIpc) is 2.00. The van der Waals surface area contributed by atoms with E-state index in [9.17, 15) is 4.79 Å². The first-order valence-electron chi connectivity index (χ1n) is 3.61. The predicted octanol–water partition coefficient (Wildman–Crippen LogP) is 1.91. The summed E-state index contributed by atoms with van der Waals surface area (Å²) in [5.74, 6) is 2.47. The first kappa shape index (κ1) is 11.6. The second-order valence-corrected chi connectivity index (χ2v) is 4.32. The highest BCUT2D eigenvalue weighted by Gasteiger charge is 2.11. The van der Waals surface area contributed by atoms with Gasteiger partial charge in [-0.1, -0.05) is 35.4 Å². The van der Waals surface area contributed by atoms with Gasteiger partial charge in [-0.25, -0.2) is 4.79 Å². The van der Waals surface area contributed by atoms with E-state index >= 15 is 0 Å². The molecule has 0 aromatic carbocycles. The monoisotopic (exact) mass is 281 g/mol. The number of hydrogen-bond donors (Lipinski definition) is 1. The van der Waals surface area contributed by atoms with Gasteiger partial charge in [0.1, 0.15) is 6.11 Å². The zero-order valence-corrected chi connectivity index (χ0v) is 9.51. The van der Waals surface area contributed by atoms with E-state index in [1.807, 2.05) is 13.8 Å².